The summed E-state index contributed by atoms with van der Waals surface area (Å²) < 4.78 is 0. The summed E-state index contributed by atoms with van der Waals surface area (Å²) in [6.07, 6.45) is 0. The Labute approximate surface area is 50.2 Å². The normalized spacial score (nSPS) is 6.00. The quantitative estimate of drug-likeness (QED) is 0.371. The molecule has 1 nitrogen and oxygen atoms in total. The highest BCUT2D eigenvalue weighted by Gasteiger charge is 1.68. The minimum absolute atomic E-state index is 0. The fourth-order valence-electron chi connectivity index (χ4n) is 0. The molecule has 1 radical (unpaired) electrons. The Bertz CT molecular complexity index is 12.3. The molecule has 0 rings (SSSR count). The van der Waals surface area contributed by atoms with Gasteiger partial charge < -0.3 is 5.48 Å². The molecule has 0 fully saturated rings. The van der Waals surface area contributed by atoms with Gasteiger partial charge in [0, 0.05) is 0 Å². The van der Waals surface area contributed by atoms with E-state index < -0.39 is 0 Å². The van der Waals surface area contributed by atoms with Gasteiger partial charge in [0.15, 0.2) is 17.4 Å². The monoisotopic (exact) mass is 105 g/mol. The summed E-state index contributed by atoms with van der Waals surface area (Å²) in [6, 6.07) is 0. The van der Waals surface area contributed by atoms with E-state index in [1.54, 1.807) is 0 Å². The molecular formula is C4H14AlO. The number of hydrogen-bond donors (Lipinski definition) is 0. The van der Waals surface area contributed by atoms with Crippen molar-refractivity contribution in [3.63, 3.8) is 0 Å². The minimum atomic E-state index is 0. The summed E-state index contributed by atoms with van der Waals surface area (Å²) in [5, 5.41) is 0. The zero-order chi connectivity index (χ0) is 3.58. The van der Waals surface area contributed by atoms with Crippen LogP contribution in [0.2, 0.25) is 0 Å². The first-order chi connectivity index (χ1) is 1.73. The van der Waals surface area contributed by atoms with Crippen LogP contribution in [0.25, 0.3) is 0 Å². The van der Waals surface area contributed by atoms with Crippen molar-refractivity contribution >= 4 is 17.4 Å². The largest absolute Gasteiger partial charge is 0.412 e. The van der Waals surface area contributed by atoms with E-state index in [9.17, 15) is 0 Å². The zero-order valence-electron chi connectivity index (χ0n) is 3.78. The molecule has 0 saturated carbocycles. The molecule has 0 aromatic heterocycles. The average Bonchev–Trinajstić information content (AvgIpc) is 0.811. The Morgan fingerprint density at radius 1 is 1.33 bits per heavy atom. The van der Waals surface area contributed by atoms with Gasteiger partial charge in [0.2, 0.25) is 0 Å². The third-order valence-corrected chi connectivity index (χ3v) is 0. The molecule has 0 spiro atoms. The van der Waals surface area contributed by atoms with Crippen LogP contribution in [0.1, 0.15) is 13.8 Å². The van der Waals surface area contributed by atoms with Crippen LogP contribution >= 0.6 is 0 Å². The smallest absolute Gasteiger partial charge is 0.187 e. The Kier molecular flexibility index (Phi) is 24.3. The van der Waals surface area contributed by atoms with Crippen LogP contribution in [-0.4, -0.2) is 22.8 Å². The van der Waals surface area contributed by atoms with E-state index >= 15 is 0 Å². The first kappa shape index (κ1) is 16.1. The van der Waals surface area contributed by atoms with Crippen LogP contribution in [0.4, 0.5) is 0 Å². The Morgan fingerprint density at radius 3 is 1.33 bits per heavy atom. The van der Waals surface area contributed by atoms with Crippen LogP contribution in [0.3, 0.4) is 0 Å². The highest BCUT2D eigenvalue weighted by atomic mass is 27.0. The molecule has 2 N–H and O–H groups in total. The average molecular weight is 105 g/mol. The van der Waals surface area contributed by atoms with Gasteiger partial charge in [-0.1, -0.05) is 20.8 Å². The molecule has 0 saturated heterocycles. The predicted octanol–water partition coefficient (Wildman–Crippen LogP) is -0.532. The van der Waals surface area contributed by atoms with E-state index in [0.717, 1.165) is 0 Å². The van der Waals surface area contributed by atoms with Crippen molar-refractivity contribution in [1.29, 1.82) is 0 Å². The second kappa shape index (κ2) is 9.09. The number of rotatable bonds is 0. The molecular weight excluding hydrogens is 91.0 g/mol. The van der Waals surface area contributed by atoms with Gasteiger partial charge in [0.05, 0.1) is 0 Å². The third kappa shape index (κ3) is 226. The summed E-state index contributed by atoms with van der Waals surface area (Å²) in [4.78, 5) is 0. The lowest BCUT2D eigenvalue weighted by molar-refractivity contribution is 0.824. The van der Waals surface area contributed by atoms with E-state index in [1.807, 2.05) is 0 Å². The molecule has 0 unspecified atom stereocenters. The maximum Gasteiger partial charge on any atom is 0.187 e. The van der Waals surface area contributed by atoms with Crippen molar-refractivity contribution in [2.24, 2.45) is 5.92 Å². The summed E-state index contributed by atoms with van der Waals surface area (Å²) in [6.45, 7) is 7.75. The lowest BCUT2D eigenvalue weighted by atomic mass is 10.3. The Morgan fingerprint density at radius 2 is 1.33 bits per heavy atom. The lowest BCUT2D eigenvalue weighted by Gasteiger charge is -1.78. The predicted molar refractivity (Wildman–Crippen MR) is 33.7 cm³/mol. The highest BCUT2D eigenvalue weighted by molar-refractivity contribution is 5.75. The van der Waals surface area contributed by atoms with Crippen molar-refractivity contribution in [2.75, 3.05) is 0 Å². The van der Waals surface area contributed by atoms with Crippen molar-refractivity contribution in [3.05, 3.63) is 6.92 Å². The van der Waals surface area contributed by atoms with Crippen LogP contribution in [0.15, 0.2) is 0 Å². The van der Waals surface area contributed by atoms with Gasteiger partial charge in [-0.05, 0) is 5.92 Å². The molecule has 0 aliphatic carbocycles. The molecule has 6 heavy (non-hydrogen) atoms. The Hall–Kier alpha value is 0.492. The summed E-state index contributed by atoms with van der Waals surface area (Å²) in [5.41, 5.74) is 0. The molecule has 0 bridgehead atoms. The molecule has 2 heteroatoms. The summed E-state index contributed by atoms with van der Waals surface area (Å²) >= 11 is 0. The number of hydrogen-bond acceptors (Lipinski definition) is 0. The van der Waals surface area contributed by atoms with E-state index in [2.05, 4.69) is 20.8 Å². The van der Waals surface area contributed by atoms with Crippen LogP contribution in [0, 0.1) is 12.8 Å². The van der Waals surface area contributed by atoms with Gasteiger partial charge in [-0.15, -0.1) is 0 Å². The second-order valence-corrected chi connectivity index (χ2v) is 1.39. The van der Waals surface area contributed by atoms with E-state index in [-0.39, 0.29) is 22.8 Å². The van der Waals surface area contributed by atoms with E-state index in [0.29, 0.717) is 5.92 Å². The first-order valence-electron chi connectivity index (χ1n) is 1.56. The third-order valence-electron chi connectivity index (χ3n) is 0. The molecule has 0 heterocycles. The van der Waals surface area contributed by atoms with Gasteiger partial charge in [-0.2, -0.15) is 0 Å². The van der Waals surface area contributed by atoms with Gasteiger partial charge in [0.1, 0.15) is 0 Å². The molecule has 39 valence electrons. The first-order valence-corrected chi connectivity index (χ1v) is 1.56. The lowest BCUT2D eigenvalue weighted by Crippen LogP contribution is -1.67. The molecule has 0 aliphatic heterocycles. The fraction of sp³-hybridized carbons (Fsp3) is 0.750. The molecule has 0 aliphatic rings. The second-order valence-electron chi connectivity index (χ2n) is 1.39. The van der Waals surface area contributed by atoms with E-state index in [1.165, 1.54) is 0 Å². The summed E-state index contributed by atoms with van der Waals surface area (Å²) in [7, 11) is 0. The van der Waals surface area contributed by atoms with Crippen molar-refractivity contribution in [1.82, 2.24) is 0 Å². The van der Waals surface area contributed by atoms with Gasteiger partial charge >= 0.3 is 0 Å². The molecule has 0 aromatic carbocycles. The molecule has 0 amide bonds. The zero-order valence-corrected chi connectivity index (χ0v) is 3.78. The standard InChI is InChI=1S/C4H9.Al.H2O.3H/c1-4(2)3;;;;;/h4H,1H2,2-3H3;;1H2;;;. The Balaban J connectivity index is -0.0000000450. The van der Waals surface area contributed by atoms with Gasteiger partial charge in [0.25, 0.3) is 0 Å². The van der Waals surface area contributed by atoms with Crippen molar-refractivity contribution < 1.29 is 5.48 Å². The highest BCUT2D eigenvalue weighted by Crippen LogP contribution is 1.80. The van der Waals surface area contributed by atoms with Crippen molar-refractivity contribution in [3.8, 4) is 0 Å². The van der Waals surface area contributed by atoms with Gasteiger partial charge in [-0.25, -0.2) is 0 Å². The van der Waals surface area contributed by atoms with Crippen LogP contribution in [-0.2, 0) is 0 Å². The van der Waals surface area contributed by atoms with Crippen molar-refractivity contribution in [2.45, 2.75) is 13.8 Å². The maximum absolute atomic E-state index is 3.64. The maximum atomic E-state index is 3.64. The van der Waals surface area contributed by atoms with Crippen LogP contribution in [0.5, 0.6) is 0 Å². The molecule has 0 atom stereocenters. The van der Waals surface area contributed by atoms with E-state index in [4.69, 9.17) is 0 Å². The SMILES string of the molecule is O.[AlH3].[CH2]C(C)C. The van der Waals surface area contributed by atoms with Crippen LogP contribution < -0.4 is 0 Å². The summed E-state index contributed by atoms with van der Waals surface area (Å²) in [5.74, 6) is 0.583. The molecule has 0 aromatic rings. The topological polar surface area (TPSA) is 31.5 Å². The minimum Gasteiger partial charge on any atom is -0.412 e. The van der Waals surface area contributed by atoms with Gasteiger partial charge in [-0.3, -0.25) is 0 Å². The fourth-order valence-corrected chi connectivity index (χ4v) is 0.